The molecule has 2 atom stereocenters. The first-order valence-electron chi connectivity index (χ1n) is 14.2. The van der Waals surface area contributed by atoms with Gasteiger partial charge in [0, 0.05) is 24.0 Å². The highest BCUT2D eigenvalue weighted by molar-refractivity contribution is 7.98. The molecule has 4 fully saturated rings. The molecular weight excluding hydrogens is 544 g/mol. The molecule has 4 aliphatic rings. The highest BCUT2D eigenvalue weighted by Crippen LogP contribution is 2.53. The number of amides is 3. The van der Waals surface area contributed by atoms with Crippen molar-refractivity contribution in [2.24, 2.45) is 29.4 Å². The molecule has 0 aromatic heterocycles. The smallest absolute Gasteiger partial charge is 0.243 e. The average molecular weight is 585 g/mol. The van der Waals surface area contributed by atoms with Gasteiger partial charge in [-0.05, 0) is 66.9 Å². The van der Waals surface area contributed by atoms with Crippen molar-refractivity contribution in [3.63, 3.8) is 0 Å². The number of hydrogen-bond donors (Lipinski definition) is 4. The first kappa shape index (κ1) is 30.4. The van der Waals surface area contributed by atoms with Crippen LogP contribution in [0.3, 0.4) is 0 Å². The van der Waals surface area contributed by atoms with Gasteiger partial charge in [-0.15, -0.1) is 12.4 Å². The van der Waals surface area contributed by atoms with Gasteiger partial charge in [-0.25, -0.2) is 0 Å². The fourth-order valence-corrected chi connectivity index (χ4v) is 7.93. The Morgan fingerprint density at radius 3 is 2.00 bits per heavy atom. The molecule has 9 heteroatoms. The van der Waals surface area contributed by atoms with Gasteiger partial charge in [0.2, 0.25) is 17.7 Å². The maximum atomic E-state index is 13.5. The first-order chi connectivity index (χ1) is 18.9. The minimum Gasteiger partial charge on any atom is -0.351 e. The molecule has 40 heavy (non-hydrogen) atoms. The molecule has 6 rings (SSSR count). The highest BCUT2D eigenvalue weighted by Gasteiger charge is 2.49. The maximum Gasteiger partial charge on any atom is 0.243 e. The Kier molecular flexibility index (Phi) is 10.9. The van der Waals surface area contributed by atoms with E-state index in [2.05, 4.69) is 16.0 Å². The van der Waals surface area contributed by atoms with Crippen molar-refractivity contribution < 1.29 is 14.4 Å². The lowest BCUT2D eigenvalue weighted by atomic mass is 9.54. The van der Waals surface area contributed by atoms with Crippen LogP contribution >= 0.6 is 24.2 Å². The third-order valence-corrected chi connectivity index (χ3v) is 9.77. The van der Waals surface area contributed by atoms with Crippen LogP contribution in [-0.2, 0) is 26.6 Å². The number of nitrogens with one attached hydrogen (secondary N) is 3. The molecule has 3 amide bonds. The normalized spacial score (nSPS) is 25.8. The summed E-state index contributed by atoms with van der Waals surface area (Å²) in [5.74, 6) is 3.08. The fourth-order valence-electron chi connectivity index (χ4n) is 6.98. The standard InChI is InChI=1S/C31H40N4O3S.ClH/c32-26(19-39-18-21-9-5-2-6-10-21)30(37)33-17-28(36)34-27(16-20-7-3-1-4-8-20)31(38)35-29-24-12-22-11-23(14-24)15-25(29)13-22;/h1-10,22-27,29H,11-19,32H2,(H,33,37)(H,34,36)(H,35,38);1H/t22?,23?,24?,25?,26-,27+,29?;/m1./s1. The van der Waals surface area contributed by atoms with Gasteiger partial charge in [-0.2, -0.15) is 11.8 Å². The second kappa shape index (κ2) is 14.4. The fraction of sp³-hybridized carbons (Fsp3) is 0.516. The zero-order chi connectivity index (χ0) is 27.2. The van der Waals surface area contributed by atoms with Crippen LogP contribution in [0.4, 0.5) is 0 Å². The Hall–Kier alpha value is -2.55. The van der Waals surface area contributed by atoms with E-state index in [9.17, 15) is 14.4 Å². The highest BCUT2D eigenvalue weighted by atomic mass is 35.5. The van der Waals surface area contributed by atoms with Gasteiger partial charge in [0.15, 0.2) is 0 Å². The van der Waals surface area contributed by atoms with E-state index < -0.39 is 18.0 Å². The lowest BCUT2D eigenvalue weighted by Crippen LogP contribution is -2.59. The molecule has 2 aromatic carbocycles. The quantitative estimate of drug-likeness (QED) is 0.305. The van der Waals surface area contributed by atoms with E-state index in [0.717, 1.165) is 23.2 Å². The molecule has 0 spiro atoms. The monoisotopic (exact) mass is 584 g/mol. The van der Waals surface area contributed by atoms with Crippen LogP contribution in [0.1, 0.15) is 43.2 Å². The molecule has 0 heterocycles. The summed E-state index contributed by atoms with van der Waals surface area (Å²) in [5, 5.41) is 8.87. The van der Waals surface area contributed by atoms with Gasteiger partial charge in [0.1, 0.15) is 6.04 Å². The van der Waals surface area contributed by atoms with E-state index in [-0.39, 0.29) is 36.8 Å². The van der Waals surface area contributed by atoms with Crippen molar-refractivity contribution in [1.82, 2.24) is 16.0 Å². The Bertz CT molecular complexity index is 1110. The SMILES string of the molecule is Cl.N[C@H](CSCc1ccccc1)C(=O)NCC(=O)N[C@@H](Cc1ccccc1)C(=O)NC1C2CC3CC(C2)CC1C3. The van der Waals surface area contributed by atoms with Crippen LogP contribution in [0.25, 0.3) is 0 Å². The Balaban J connectivity index is 0.00000370. The first-order valence-corrected chi connectivity index (χ1v) is 15.4. The summed E-state index contributed by atoms with van der Waals surface area (Å²) in [6.07, 6.45) is 6.61. The molecule has 0 radical (unpaired) electrons. The lowest BCUT2D eigenvalue weighted by molar-refractivity contribution is -0.131. The van der Waals surface area contributed by atoms with Crippen molar-refractivity contribution in [1.29, 1.82) is 0 Å². The van der Waals surface area contributed by atoms with Gasteiger partial charge >= 0.3 is 0 Å². The van der Waals surface area contributed by atoms with Crippen molar-refractivity contribution >= 4 is 41.9 Å². The molecule has 7 nitrogen and oxygen atoms in total. The number of carbonyl (C=O) groups is 3. The summed E-state index contributed by atoms with van der Waals surface area (Å²) in [6, 6.07) is 18.5. The molecule has 5 N–H and O–H groups in total. The van der Waals surface area contributed by atoms with Crippen LogP contribution in [0.5, 0.6) is 0 Å². The Morgan fingerprint density at radius 1 is 0.825 bits per heavy atom. The van der Waals surface area contributed by atoms with E-state index in [1.54, 1.807) is 11.8 Å². The third kappa shape index (κ3) is 8.02. The third-order valence-electron chi connectivity index (χ3n) is 8.64. The number of halogens is 1. The van der Waals surface area contributed by atoms with Gasteiger partial charge in [0.25, 0.3) is 0 Å². The summed E-state index contributed by atoms with van der Waals surface area (Å²) < 4.78 is 0. The van der Waals surface area contributed by atoms with E-state index >= 15 is 0 Å². The van der Waals surface area contributed by atoms with E-state index in [0.29, 0.717) is 24.0 Å². The number of nitrogens with two attached hydrogens (primary N) is 1. The molecule has 0 aliphatic heterocycles. The van der Waals surface area contributed by atoms with Crippen molar-refractivity contribution in [3.8, 4) is 0 Å². The zero-order valence-electron chi connectivity index (χ0n) is 22.8. The van der Waals surface area contributed by atoms with Crippen LogP contribution in [0.15, 0.2) is 60.7 Å². The maximum absolute atomic E-state index is 13.5. The van der Waals surface area contributed by atoms with Gasteiger partial charge < -0.3 is 21.7 Å². The number of rotatable bonds is 12. The van der Waals surface area contributed by atoms with E-state index in [4.69, 9.17) is 5.73 Å². The Morgan fingerprint density at radius 2 is 1.40 bits per heavy atom. The summed E-state index contributed by atoms with van der Waals surface area (Å²) >= 11 is 1.58. The predicted molar refractivity (Wildman–Crippen MR) is 162 cm³/mol. The predicted octanol–water partition coefficient (Wildman–Crippen LogP) is 3.45. The topological polar surface area (TPSA) is 113 Å². The largest absolute Gasteiger partial charge is 0.351 e. The summed E-state index contributed by atoms with van der Waals surface area (Å²) in [6.45, 7) is -0.216. The lowest BCUT2D eigenvalue weighted by Gasteiger charge is -2.54. The molecule has 4 bridgehead atoms. The number of thioether (sulfide) groups is 1. The Labute approximate surface area is 247 Å². The summed E-state index contributed by atoms with van der Waals surface area (Å²) in [4.78, 5) is 38.9. The molecule has 0 saturated heterocycles. The molecule has 4 saturated carbocycles. The van der Waals surface area contributed by atoms with Gasteiger partial charge in [0.05, 0.1) is 12.6 Å². The van der Waals surface area contributed by atoms with Crippen LogP contribution in [0, 0.1) is 23.7 Å². The molecule has 2 aromatic rings. The van der Waals surface area contributed by atoms with Crippen LogP contribution in [0.2, 0.25) is 0 Å². The molecular formula is C31H41ClN4O3S. The van der Waals surface area contributed by atoms with Crippen molar-refractivity contribution in [3.05, 3.63) is 71.8 Å². The second-order valence-electron chi connectivity index (χ2n) is 11.6. The zero-order valence-corrected chi connectivity index (χ0v) is 24.4. The van der Waals surface area contributed by atoms with E-state index in [1.165, 1.54) is 37.7 Å². The molecule has 0 unspecified atom stereocenters. The van der Waals surface area contributed by atoms with Crippen LogP contribution < -0.4 is 21.7 Å². The van der Waals surface area contributed by atoms with Gasteiger partial charge in [-0.1, -0.05) is 60.7 Å². The molecule has 4 aliphatic carbocycles. The number of hydrogen-bond acceptors (Lipinski definition) is 5. The van der Waals surface area contributed by atoms with Crippen molar-refractivity contribution in [2.45, 2.75) is 62.4 Å². The number of carbonyl (C=O) groups excluding carboxylic acids is 3. The minimum absolute atomic E-state index is 0. The number of benzene rings is 2. The van der Waals surface area contributed by atoms with Gasteiger partial charge in [-0.3, -0.25) is 14.4 Å². The minimum atomic E-state index is -0.716. The second-order valence-corrected chi connectivity index (χ2v) is 12.6. The van der Waals surface area contributed by atoms with E-state index in [1.807, 2.05) is 60.7 Å². The summed E-state index contributed by atoms with van der Waals surface area (Å²) in [7, 11) is 0. The van der Waals surface area contributed by atoms with Crippen LogP contribution in [-0.4, -0.2) is 48.1 Å². The molecule has 216 valence electrons. The average Bonchev–Trinajstić information content (AvgIpc) is 2.94. The summed E-state index contributed by atoms with van der Waals surface area (Å²) in [5.41, 5.74) is 8.20. The van der Waals surface area contributed by atoms with Crippen molar-refractivity contribution in [2.75, 3.05) is 12.3 Å².